The highest BCUT2D eigenvalue weighted by Crippen LogP contribution is 2.21. The van der Waals surface area contributed by atoms with Crippen LogP contribution in [0.15, 0.2) is 35.0 Å². The van der Waals surface area contributed by atoms with Gasteiger partial charge in [0.25, 0.3) is 0 Å². The van der Waals surface area contributed by atoms with E-state index in [1.807, 2.05) is 26.0 Å². The number of hydrogen-bond donors (Lipinski definition) is 2. The maximum absolute atomic E-state index is 12.2. The van der Waals surface area contributed by atoms with Crippen molar-refractivity contribution >= 4 is 22.6 Å². The van der Waals surface area contributed by atoms with Crippen LogP contribution in [0.3, 0.4) is 0 Å². The maximum atomic E-state index is 12.2. The van der Waals surface area contributed by atoms with Gasteiger partial charge in [0.1, 0.15) is 0 Å². The molecule has 0 radical (unpaired) electrons. The van der Waals surface area contributed by atoms with Gasteiger partial charge in [-0.2, -0.15) is 4.98 Å². The molecule has 0 aliphatic carbocycles. The summed E-state index contributed by atoms with van der Waals surface area (Å²) in [6.45, 7) is 10.2. The van der Waals surface area contributed by atoms with Crippen molar-refractivity contribution in [2.24, 2.45) is 0 Å². The number of carbonyl (C=O) groups is 1. The van der Waals surface area contributed by atoms with Crippen LogP contribution in [0.1, 0.15) is 37.9 Å². The Balaban J connectivity index is 1.22. The van der Waals surface area contributed by atoms with Crippen molar-refractivity contribution in [3.63, 3.8) is 0 Å². The second-order valence-corrected chi connectivity index (χ2v) is 8.42. The van der Waals surface area contributed by atoms with Crippen molar-refractivity contribution in [1.82, 2.24) is 24.9 Å². The van der Waals surface area contributed by atoms with Crippen molar-refractivity contribution in [3.05, 3.63) is 42.2 Å². The third-order valence-electron chi connectivity index (χ3n) is 5.64. The predicted molar refractivity (Wildman–Crippen MR) is 123 cm³/mol. The van der Waals surface area contributed by atoms with Crippen LogP contribution in [0.5, 0.6) is 0 Å². The first-order valence-electron chi connectivity index (χ1n) is 11.3. The lowest BCUT2D eigenvalue weighted by molar-refractivity contribution is 0.0365. The van der Waals surface area contributed by atoms with E-state index in [1.165, 1.54) is 5.52 Å². The molecule has 0 bridgehead atoms. The SMILES string of the molecule is CC(C)c1noc(CCCNC(=O)Nc2ccc3c(ccn3CCN3CCOCC3)c2)n1. The van der Waals surface area contributed by atoms with Gasteiger partial charge in [0.05, 0.1) is 13.2 Å². The first kappa shape index (κ1) is 22.3. The zero-order valence-electron chi connectivity index (χ0n) is 18.8. The zero-order chi connectivity index (χ0) is 22.3. The van der Waals surface area contributed by atoms with Gasteiger partial charge in [-0.25, -0.2) is 4.79 Å². The number of aromatic nitrogens is 3. The molecule has 4 rings (SSSR count). The molecule has 3 aromatic rings. The first-order chi connectivity index (χ1) is 15.6. The Morgan fingerprint density at radius 1 is 1.19 bits per heavy atom. The molecule has 0 atom stereocenters. The van der Waals surface area contributed by atoms with Crippen molar-refractivity contribution < 1.29 is 14.1 Å². The number of hydrogen-bond acceptors (Lipinski definition) is 6. The minimum Gasteiger partial charge on any atom is -0.379 e. The molecule has 172 valence electrons. The normalized spacial score (nSPS) is 14.8. The Bertz CT molecular complexity index is 1020. The summed E-state index contributed by atoms with van der Waals surface area (Å²) in [7, 11) is 0. The summed E-state index contributed by atoms with van der Waals surface area (Å²) in [6, 6.07) is 7.88. The number of ether oxygens (including phenoxy) is 1. The van der Waals surface area contributed by atoms with E-state index in [9.17, 15) is 4.79 Å². The Kier molecular flexibility index (Phi) is 7.39. The summed E-state index contributed by atoms with van der Waals surface area (Å²) >= 11 is 0. The van der Waals surface area contributed by atoms with Gasteiger partial charge in [-0.3, -0.25) is 4.90 Å². The van der Waals surface area contributed by atoms with E-state index in [2.05, 4.69) is 48.6 Å². The topological polar surface area (TPSA) is 97.5 Å². The molecule has 1 saturated heterocycles. The minimum absolute atomic E-state index is 0.218. The number of rotatable bonds is 9. The highest BCUT2D eigenvalue weighted by atomic mass is 16.5. The average molecular weight is 441 g/mol. The quantitative estimate of drug-likeness (QED) is 0.496. The molecule has 2 amide bonds. The Hall–Kier alpha value is -2.91. The van der Waals surface area contributed by atoms with Gasteiger partial charge >= 0.3 is 6.03 Å². The second kappa shape index (κ2) is 10.6. The summed E-state index contributed by atoms with van der Waals surface area (Å²) < 4.78 is 12.9. The number of morpholine rings is 1. The van der Waals surface area contributed by atoms with E-state index in [0.717, 1.165) is 62.7 Å². The Morgan fingerprint density at radius 3 is 2.81 bits per heavy atom. The molecule has 1 aromatic carbocycles. The molecule has 1 aliphatic heterocycles. The van der Waals surface area contributed by atoms with Crippen LogP contribution in [0.4, 0.5) is 10.5 Å². The molecule has 0 saturated carbocycles. The average Bonchev–Trinajstić information content (AvgIpc) is 3.43. The largest absolute Gasteiger partial charge is 0.379 e. The predicted octanol–water partition coefficient (Wildman–Crippen LogP) is 3.23. The number of aryl methyl sites for hydroxylation is 1. The van der Waals surface area contributed by atoms with Gasteiger partial charge in [-0.1, -0.05) is 19.0 Å². The van der Waals surface area contributed by atoms with Gasteiger partial charge in [0.15, 0.2) is 5.82 Å². The summed E-state index contributed by atoms with van der Waals surface area (Å²) in [4.78, 5) is 19.0. The molecule has 32 heavy (non-hydrogen) atoms. The van der Waals surface area contributed by atoms with Crippen LogP contribution in [-0.2, 0) is 17.7 Å². The number of nitrogens with zero attached hydrogens (tertiary/aromatic N) is 4. The highest BCUT2D eigenvalue weighted by Gasteiger charge is 2.12. The maximum Gasteiger partial charge on any atom is 0.319 e. The first-order valence-corrected chi connectivity index (χ1v) is 11.3. The fourth-order valence-electron chi connectivity index (χ4n) is 3.77. The summed E-state index contributed by atoms with van der Waals surface area (Å²) in [5.41, 5.74) is 1.95. The molecule has 3 heterocycles. The van der Waals surface area contributed by atoms with Crippen molar-refractivity contribution in [3.8, 4) is 0 Å². The van der Waals surface area contributed by atoms with Crippen LogP contribution in [0.25, 0.3) is 10.9 Å². The molecule has 2 aromatic heterocycles. The van der Waals surface area contributed by atoms with Gasteiger partial charge in [0, 0.05) is 67.8 Å². The summed E-state index contributed by atoms with van der Waals surface area (Å²) in [6.07, 6.45) is 3.49. The number of nitrogens with one attached hydrogen (secondary N) is 2. The monoisotopic (exact) mass is 440 g/mol. The smallest absolute Gasteiger partial charge is 0.319 e. The van der Waals surface area contributed by atoms with E-state index >= 15 is 0 Å². The van der Waals surface area contributed by atoms with Gasteiger partial charge in [-0.05, 0) is 30.7 Å². The number of fused-ring (bicyclic) bond motifs is 1. The van der Waals surface area contributed by atoms with E-state index in [-0.39, 0.29) is 11.9 Å². The lowest BCUT2D eigenvalue weighted by Crippen LogP contribution is -2.38. The number of benzene rings is 1. The molecular formula is C23H32N6O3. The van der Waals surface area contributed by atoms with Crippen LogP contribution < -0.4 is 10.6 Å². The van der Waals surface area contributed by atoms with Crippen molar-refractivity contribution in [2.75, 3.05) is 44.7 Å². The van der Waals surface area contributed by atoms with E-state index in [1.54, 1.807) is 0 Å². The number of carbonyl (C=O) groups excluding carboxylic acids is 1. The van der Waals surface area contributed by atoms with Crippen LogP contribution >= 0.6 is 0 Å². The molecule has 0 spiro atoms. The van der Waals surface area contributed by atoms with Crippen molar-refractivity contribution in [1.29, 1.82) is 0 Å². The molecule has 9 heteroatoms. The number of anilines is 1. The number of urea groups is 1. The molecule has 9 nitrogen and oxygen atoms in total. The molecular weight excluding hydrogens is 408 g/mol. The zero-order valence-corrected chi connectivity index (χ0v) is 18.8. The second-order valence-electron chi connectivity index (χ2n) is 8.42. The van der Waals surface area contributed by atoms with E-state index < -0.39 is 0 Å². The third-order valence-corrected chi connectivity index (χ3v) is 5.64. The fourth-order valence-corrected chi connectivity index (χ4v) is 3.77. The van der Waals surface area contributed by atoms with Crippen LogP contribution in [0, 0.1) is 0 Å². The molecule has 1 aliphatic rings. The minimum atomic E-state index is -0.218. The highest BCUT2D eigenvalue weighted by molar-refractivity contribution is 5.92. The van der Waals surface area contributed by atoms with Gasteiger partial charge < -0.3 is 24.5 Å². The van der Waals surface area contributed by atoms with Gasteiger partial charge in [0.2, 0.25) is 5.89 Å². The fraction of sp³-hybridized carbons (Fsp3) is 0.522. The standard InChI is InChI=1S/C23H32N6O3/c1-17(2)22-26-21(32-27-22)4-3-8-24-23(30)25-19-5-6-20-18(16-19)7-9-29(20)11-10-28-12-14-31-15-13-28/h5-7,9,16-17H,3-4,8,10-15H2,1-2H3,(H2,24,25,30). The Morgan fingerprint density at radius 2 is 2.03 bits per heavy atom. The summed E-state index contributed by atoms with van der Waals surface area (Å²) in [5, 5.41) is 10.9. The molecule has 1 fully saturated rings. The summed E-state index contributed by atoms with van der Waals surface area (Å²) in [5.74, 6) is 1.57. The molecule has 0 unspecified atom stereocenters. The Labute approximate surface area is 188 Å². The van der Waals surface area contributed by atoms with E-state index in [4.69, 9.17) is 9.26 Å². The van der Waals surface area contributed by atoms with Crippen LogP contribution in [-0.4, -0.2) is 65.0 Å². The van der Waals surface area contributed by atoms with E-state index in [0.29, 0.717) is 18.9 Å². The molecule has 2 N–H and O–H groups in total. The van der Waals surface area contributed by atoms with Gasteiger partial charge in [-0.15, -0.1) is 0 Å². The lowest BCUT2D eigenvalue weighted by atomic mass is 10.2. The van der Waals surface area contributed by atoms with Crippen molar-refractivity contribution in [2.45, 2.75) is 39.2 Å². The van der Waals surface area contributed by atoms with Crippen LogP contribution in [0.2, 0.25) is 0 Å². The number of amides is 2. The lowest BCUT2D eigenvalue weighted by Gasteiger charge is -2.26. The third kappa shape index (κ3) is 5.86.